The highest BCUT2D eigenvalue weighted by atomic mass is 35.5. The number of hydrogen-bond acceptors (Lipinski definition) is 2. The van der Waals surface area contributed by atoms with E-state index in [0.717, 1.165) is 5.56 Å². The molecule has 0 aliphatic heterocycles. The number of halogens is 1. The predicted molar refractivity (Wildman–Crippen MR) is 71.5 cm³/mol. The lowest BCUT2D eigenvalue weighted by Crippen LogP contribution is -2.33. The van der Waals surface area contributed by atoms with Crippen molar-refractivity contribution in [1.29, 1.82) is 0 Å². The van der Waals surface area contributed by atoms with Crippen LogP contribution in [0.25, 0.3) is 0 Å². The van der Waals surface area contributed by atoms with Gasteiger partial charge in [-0.25, -0.2) is 0 Å². The van der Waals surface area contributed by atoms with Crippen LogP contribution in [0.2, 0.25) is 0 Å². The van der Waals surface area contributed by atoms with Gasteiger partial charge in [-0.3, -0.25) is 4.79 Å². The zero-order chi connectivity index (χ0) is 13.2. The normalized spacial score (nSPS) is 13.9. The van der Waals surface area contributed by atoms with Crippen LogP contribution in [0.3, 0.4) is 0 Å². The van der Waals surface area contributed by atoms with Gasteiger partial charge in [0, 0.05) is 0 Å². The highest BCUT2D eigenvalue weighted by Gasteiger charge is 2.38. The SMILES string of the molecule is Cc1cccc(C(O)(C(=O)Cl)c2ccccc2)c1. The van der Waals surface area contributed by atoms with Crippen molar-refractivity contribution in [1.82, 2.24) is 0 Å². The molecule has 0 saturated heterocycles. The molecule has 2 nitrogen and oxygen atoms in total. The maximum Gasteiger partial charge on any atom is 0.262 e. The van der Waals surface area contributed by atoms with Gasteiger partial charge in [-0.15, -0.1) is 0 Å². The van der Waals surface area contributed by atoms with Crippen LogP contribution < -0.4 is 0 Å². The molecule has 3 heteroatoms. The molecule has 92 valence electrons. The summed E-state index contributed by atoms with van der Waals surface area (Å²) in [4.78, 5) is 11.7. The molecule has 0 radical (unpaired) electrons. The van der Waals surface area contributed by atoms with Crippen molar-refractivity contribution in [3.63, 3.8) is 0 Å². The Morgan fingerprint density at radius 2 is 1.67 bits per heavy atom. The molecule has 0 aromatic heterocycles. The van der Waals surface area contributed by atoms with Crippen LogP contribution in [-0.4, -0.2) is 10.3 Å². The number of hydrogen-bond donors (Lipinski definition) is 1. The van der Waals surface area contributed by atoms with Crippen LogP contribution in [0.15, 0.2) is 54.6 Å². The molecule has 0 heterocycles. The molecule has 0 spiro atoms. The van der Waals surface area contributed by atoms with Gasteiger partial charge in [0.05, 0.1) is 0 Å². The summed E-state index contributed by atoms with van der Waals surface area (Å²) in [5, 5.41) is 9.87. The first-order chi connectivity index (χ1) is 8.55. The van der Waals surface area contributed by atoms with Gasteiger partial charge in [-0.2, -0.15) is 0 Å². The molecule has 0 saturated carbocycles. The second-order valence-electron chi connectivity index (χ2n) is 4.22. The van der Waals surface area contributed by atoms with E-state index < -0.39 is 10.8 Å². The molecule has 0 aliphatic rings. The zero-order valence-corrected chi connectivity index (χ0v) is 10.7. The molecular formula is C15H13ClO2. The Morgan fingerprint density at radius 3 is 2.22 bits per heavy atom. The molecule has 0 fully saturated rings. The predicted octanol–water partition coefficient (Wildman–Crippen LogP) is 3.00. The van der Waals surface area contributed by atoms with E-state index in [2.05, 4.69) is 0 Å². The average molecular weight is 261 g/mol. The molecule has 1 N–H and O–H groups in total. The Morgan fingerprint density at radius 1 is 1.06 bits per heavy atom. The summed E-state index contributed by atoms with van der Waals surface area (Å²) in [5.74, 6) is 0. The van der Waals surface area contributed by atoms with Gasteiger partial charge in [0.25, 0.3) is 5.24 Å². The third-order valence-corrected chi connectivity index (χ3v) is 3.19. The van der Waals surface area contributed by atoms with Gasteiger partial charge < -0.3 is 5.11 Å². The highest BCUT2D eigenvalue weighted by molar-refractivity contribution is 6.65. The Labute approximate surface area is 111 Å². The summed E-state index contributed by atoms with van der Waals surface area (Å²) in [7, 11) is 0. The zero-order valence-electron chi connectivity index (χ0n) is 9.93. The minimum absolute atomic E-state index is 0.468. The lowest BCUT2D eigenvalue weighted by atomic mass is 9.87. The molecule has 1 unspecified atom stereocenters. The molecule has 1 atom stereocenters. The molecule has 2 rings (SSSR count). The van der Waals surface area contributed by atoms with Gasteiger partial charge in [0.15, 0.2) is 5.60 Å². The van der Waals surface area contributed by atoms with E-state index in [0.29, 0.717) is 11.1 Å². The number of carbonyl (C=O) groups is 1. The summed E-state index contributed by atoms with van der Waals surface area (Å²) >= 11 is 5.62. The quantitative estimate of drug-likeness (QED) is 0.862. The maximum absolute atomic E-state index is 11.7. The molecular weight excluding hydrogens is 248 g/mol. The Balaban J connectivity index is 2.62. The van der Waals surface area contributed by atoms with E-state index >= 15 is 0 Å². The third-order valence-electron chi connectivity index (χ3n) is 2.91. The fourth-order valence-electron chi connectivity index (χ4n) is 1.94. The molecule has 0 aliphatic carbocycles. The number of aliphatic hydroxyl groups is 1. The molecule has 18 heavy (non-hydrogen) atoms. The van der Waals surface area contributed by atoms with Crippen LogP contribution in [0.4, 0.5) is 0 Å². The van der Waals surface area contributed by atoms with Crippen LogP contribution >= 0.6 is 11.6 Å². The number of rotatable bonds is 3. The van der Waals surface area contributed by atoms with Crippen LogP contribution in [0.5, 0.6) is 0 Å². The summed E-state index contributed by atoms with van der Waals surface area (Å²) in [6, 6.07) is 15.8. The largest absolute Gasteiger partial charge is 0.372 e. The first-order valence-electron chi connectivity index (χ1n) is 5.60. The van der Waals surface area contributed by atoms with Crippen molar-refractivity contribution in [2.24, 2.45) is 0 Å². The minimum Gasteiger partial charge on any atom is -0.372 e. The maximum atomic E-state index is 11.7. The lowest BCUT2D eigenvalue weighted by molar-refractivity contribution is -0.125. The van der Waals surface area contributed by atoms with Crippen molar-refractivity contribution in [3.05, 3.63) is 71.3 Å². The number of benzene rings is 2. The first kappa shape index (κ1) is 12.8. The summed E-state index contributed by atoms with van der Waals surface area (Å²) < 4.78 is 0. The fourth-order valence-corrected chi connectivity index (χ4v) is 2.16. The van der Waals surface area contributed by atoms with Crippen LogP contribution in [0.1, 0.15) is 16.7 Å². The third kappa shape index (κ3) is 2.17. The van der Waals surface area contributed by atoms with E-state index in [1.54, 1.807) is 42.5 Å². The molecule has 2 aromatic carbocycles. The molecule has 0 amide bonds. The second kappa shape index (κ2) is 4.92. The van der Waals surface area contributed by atoms with E-state index in [1.165, 1.54) is 0 Å². The van der Waals surface area contributed by atoms with Crippen LogP contribution in [0, 0.1) is 6.92 Å². The van der Waals surface area contributed by atoms with Crippen molar-refractivity contribution in [3.8, 4) is 0 Å². The highest BCUT2D eigenvalue weighted by Crippen LogP contribution is 2.32. The van der Waals surface area contributed by atoms with Crippen molar-refractivity contribution in [2.45, 2.75) is 12.5 Å². The molecule has 0 bridgehead atoms. The van der Waals surface area contributed by atoms with Gasteiger partial charge >= 0.3 is 0 Å². The fraction of sp³-hybridized carbons (Fsp3) is 0.133. The van der Waals surface area contributed by atoms with Gasteiger partial charge in [0.2, 0.25) is 0 Å². The summed E-state index contributed by atoms with van der Waals surface area (Å²) in [5.41, 5.74) is 0.110. The average Bonchev–Trinajstić information content (AvgIpc) is 2.38. The van der Waals surface area contributed by atoms with E-state index in [1.807, 2.05) is 19.1 Å². The van der Waals surface area contributed by atoms with Gasteiger partial charge in [-0.1, -0.05) is 60.2 Å². The van der Waals surface area contributed by atoms with E-state index in [9.17, 15) is 9.90 Å². The van der Waals surface area contributed by atoms with Crippen LogP contribution in [-0.2, 0) is 10.4 Å². The first-order valence-corrected chi connectivity index (χ1v) is 5.98. The van der Waals surface area contributed by atoms with E-state index in [4.69, 9.17) is 11.6 Å². The van der Waals surface area contributed by atoms with Gasteiger partial charge in [-0.05, 0) is 29.7 Å². The smallest absolute Gasteiger partial charge is 0.262 e. The number of aryl methyl sites for hydroxylation is 1. The second-order valence-corrected chi connectivity index (χ2v) is 4.56. The summed E-state index contributed by atoms with van der Waals surface area (Å²) in [6.07, 6.45) is 0. The Bertz CT molecular complexity index is 566. The van der Waals surface area contributed by atoms with Crippen molar-refractivity contribution < 1.29 is 9.90 Å². The Kier molecular flexibility index (Phi) is 3.50. The molecule has 2 aromatic rings. The topological polar surface area (TPSA) is 37.3 Å². The standard InChI is InChI=1S/C15H13ClO2/c1-11-6-5-9-13(10-11)15(18,14(16)17)12-7-3-2-4-8-12/h2-10,18H,1H3. The minimum atomic E-state index is -1.80. The van der Waals surface area contributed by atoms with Crippen molar-refractivity contribution >= 4 is 16.8 Å². The summed E-state index contributed by atoms with van der Waals surface area (Å²) in [6.45, 7) is 1.90. The van der Waals surface area contributed by atoms with E-state index in [-0.39, 0.29) is 0 Å². The van der Waals surface area contributed by atoms with Crippen molar-refractivity contribution in [2.75, 3.05) is 0 Å². The lowest BCUT2D eigenvalue weighted by Gasteiger charge is -2.25. The number of carbonyl (C=O) groups excluding carboxylic acids is 1. The monoisotopic (exact) mass is 260 g/mol. The Hall–Kier alpha value is -1.64. The van der Waals surface area contributed by atoms with Gasteiger partial charge in [0.1, 0.15) is 0 Å².